The van der Waals surface area contributed by atoms with Gasteiger partial charge in [0.05, 0.1) is 0 Å². The van der Waals surface area contributed by atoms with Crippen molar-refractivity contribution in [2.45, 2.75) is 39.2 Å². The lowest BCUT2D eigenvalue weighted by atomic mass is 9.98. The van der Waals surface area contributed by atoms with Crippen LogP contribution in [0, 0.1) is 0 Å². The van der Waals surface area contributed by atoms with Gasteiger partial charge in [-0.25, -0.2) is 4.79 Å². The topological polar surface area (TPSA) is 26.3 Å². The van der Waals surface area contributed by atoms with Gasteiger partial charge in [0.2, 0.25) is 0 Å². The lowest BCUT2D eigenvalue weighted by Gasteiger charge is -2.09. The largest absolute Gasteiger partial charge is 0.452 e. The van der Waals surface area contributed by atoms with Gasteiger partial charge in [0.15, 0.2) is 0 Å². The van der Waals surface area contributed by atoms with Crippen LogP contribution < -0.4 is 0 Å². The Morgan fingerprint density at radius 3 is 2.90 bits per heavy atom. The van der Waals surface area contributed by atoms with Crippen molar-refractivity contribution in [2.75, 3.05) is 0 Å². The van der Waals surface area contributed by atoms with Gasteiger partial charge in [-0.2, -0.15) is 0 Å². The average molecular weight is 279 g/mol. The number of hydrogen-bond donors (Lipinski definition) is 0. The lowest BCUT2D eigenvalue weighted by molar-refractivity contribution is 0.267. The smallest absolute Gasteiger partial charge is 0.417 e. The molecule has 0 aromatic heterocycles. The minimum atomic E-state index is 0.295. The first-order valence-electron chi connectivity index (χ1n) is 7.55. The van der Waals surface area contributed by atoms with E-state index < -0.39 is 0 Å². The number of fused-ring (bicyclic) bond motifs is 3. The van der Waals surface area contributed by atoms with E-state index >= 15 is 0 Å². The Bertz CT molecular complexity index is 659. The molecular formula is C19H19O2. The molecule has 2 nitrogen and oxygen atoms in total. The van der Waals surface area contributed by atoms with E-state index in [0.29, 0.717) is 6.61 Å². The Morgan fingerprint density at radius 2 is 2.10 bits per heavy atom. The standard InChI is InChI=1S/C19H19O2/c1-2-3-5-14-8-9-18-17(10-14)11-15-6-4-7-16(19(15)18)12-21-13-20/h4,6-10H,2-3,5,11-12H2,1H3. The molecule has 0 amide bonds. The molecule has 1 radical (unpaired) electrons. The zero-order valence-electron chi connectivity index (χ0n) is 12.3. The minimum Gasteiger partial charge on any atom is -0.452 e. The van der Waals surface area contributed by atoms with Crippen LogP contribution in [0.2, 0.25) is 0 Å². The highest BCUT2D eigenvalue weighted by molar-refractivity contribution is 5.79. The molecule has 0 bridgehead atoms. The number of hydrogen-bond acceptors (Lipinski definition) is 2. The molecule has 2 heteroatoms. The van der Waals surface area contributed by atoms with Crippen molar-refractivity contribution in [3.05, 3.63) is 58.7 Å². The molecule has 1 aliphatic rings. The van der Waals surface area contributed by atoms with E-state index in [1.807, 2.05) is 12.1 Å². The molecule has 0 unspecified atom stereocenters. The average Bonchev–Trinajstić information content (AvgIpc) is 2.89. The highest BCUT2D eigenvalue weighted by Gasteiger charge is 2.21. The predicted octanol–water partition coefficient (Wildman–Crippen LogP) is 4.18. The summed E-state index contributed by atoms with van der Waals surface area (Å²) in [6.07, 6.45) is 4.58. The SMILES string of the molecule is CCCCc1ccc2c(c1)Cc1cccc(CO[C]=O)c1-2. The summed E-state index contributed by atoms with van der Waals surface area (Å²) < 4.78 is 4.83. The summed E-state index contributed by atoms with van der Waals surface area (Å²) in [5, 5.41) is 0. The van der Waals surface area contributed by atoms with Crippen LogP contribution in [0.3, 0.4) is 0 Å². The van der Waals surface area contributed by atoms with Crippen LogP contribution in [0.1, 0.15) is 42.0 Å². The number of unbranched alkanes of at least 4 members (excludes halogenated alkanes) is 1. The maximum atomic E-state index is 10.3. The van der Waals surface area contributed by atoms with Crippen molar-refractivity contribution in [1.29, 1.82) is 0 Å². The molecule has 3 rings (SSSR count). The highest BCUT2D eigenvalue weighted by Crippen LogP contribution is 2.39. The van der Waals surface area contributed by atoms with Gasteiger partial charge in [-0.15, -0.1) is 0 Å². The third kappa shape index (κ3) is 2.71. The summed E-state index contributed by atoms with van der Waals surface area (Å²) in [5.41, 5.74) is 7.73. The molecule has 21 heavy (non-hydrogen) atoms. The zero-order chi connectivity index (χ0) is 14.7. The van der Waals surface area contributed by atoms with Crippen LogP contribution in [0.15, 0.2) is 36.4 Å². The summed E-state index contributed by atoms with van der Waals surface area (Å²) in [7, 11) is 0. The van der Waals surface area contributed by atoms with Crippen molar-refractivity contribution in [2.24, 2.45) is 0 Å². The second kappa shape index (κ2) is 6.13. The first-order valence-corrected chi connectivity index (χ1v) is 7.55. The zero-order valence-corrected chi connectivity index (χ0v) is 12.3. The maximum absolute atomic E-state index is 10.3. The van der Waals surface area contributed by atoms with E-state index in [-0.39, 0.29) is 0 Å². The van der Waals surface area contributed by atoms with Crippen molar-refractivity contribution >= 4 is 6.47 Å². The monoisotopic (exact) mass is 279 g/mol. The first-order chi connectivity index (χ1) is 10.3. The summed E-state index contributed by atoms with van der Waals surface area (Å²) in [6.45, 7) is 4.03. The van der Waals surface area contributed by atoms with Crippen LogP contribution in [0.4, 0.5) is 0 Å². The summed E-state index contributed by atoms with van der Waals surface area (Å²) in [5.74, 6) is 0. The molecule has 0 fully saturated rings. The predicted molar refractivity (Wildman–Crippen MR) is 83.8 cm³/mol. The molecule has 0 atom stereocenters. The van der Waals surface area contributed by atoms with E-state index in [1.54, 1.807) is 0 Å². The van der Waals surface area contributed by atoms with Crippen molar-refractivity contribution in [3.8, 4) is 11.1 Å². The molecule has 0 spiro atoms. The van der Waals surface area contributed by atoms with Gasteiger partial charge in [0.1, 0.15) is 6.61 Å². The first kappa shape index (κ1) is 13.9. The third-order valence-electron chi connectivity index (χ3n) is 4.16. The molecule has 1 aliphatic carbocycles. The van der Waals surface area contributed by atoms with E-state index in [9.17, 15) is 4.79 Å². The second-order valence-electron chi connectivity index (χ2n) is 5.60. The quantitative estimate of drug-likeness (QED) is 0.676. The number of benzene rings is 2. The molecule has 0 saturated carbocycles. The fraction of sp³-hybridized carbons (Fsp3) is 0.316. The summed E-state index contributed by atoms with van der Waals surface area (Å²) in [6, 6.07) is 13.0. The number of ether oxygens (including phenoxy) is 1. The Kier molecular flexibility index (Phi) is 4.05. The Balaban J connectivity index is 1.95. The normalized spacial score (nSPS) is 11.9. The van der Waals surface area contributed by atoms with Gasteiger partial charge in [-0.1, -0.05) is 49.7 Å². The summed E-state index contributed by atoms with van der Waals surface area (Å²) in [4.78, 5) is 10.3. The van der Waals surface area contributed by atoms with Crippen LogP contribution in [0.5, 0.6) is 0 Å². The van der Waals surface area contributed by atoms with Crippen LogP contribution in [-0.4, -0.2) is 6.47 Å². The number of rotatable bonds is 6. The van der Waals surface area contributed by atoms with Crippen molar-refractivity contribution in [3.63, 3.8) is 0 Å². The molecule has 2 aromatic carbocycles. The van der Waals surface area contributed by atoms with Gasteiger partial charge in [0.25, 0.3) is 0 Å². The highest BCUT2D eigenvalue weighted by atomic mass is 16.5. The van der Waals surface area contributed by atoms with E-state index in [2.05, 4.69) is 31.2 Å². The Labute approximate surface area is 125 Å². The molecular weight excluding hydrogens is 260 g/mol. The fourth-order valence-corrected chi connectivity index (χ4v) is 3.15. The number of aryl methyl sites for hydroxylation is 1. The van der Waals surface area contributed by atoms with Gasteiger partial charge in [-0.05, 0) is 52.6 Å². The van der Waals surface area contributed by atoms with E-state index in [4.69, 9.17) is 4.74 Å². The van der Waals surface area contributed by atoms with E-state index in [1.165, 1.54) is 47.1 Å². The minimum absolute atomic E-state index is 0.295. The second-order valence-corrected chi connectivity index (χ2v) is 5.60. The van der Waals surface area contributed by atoms with Gasteiger partial charge in [-0.3, -0.25) is 0 Å². The maximum Gasteiger partial charge on any atom is 0.417 e. The van der Waals surface area contributed by atoms with Crippen molar-refractivity contribution < 1.29 is 9.53 Å². The van der Waals surface area contributed by atoms with E-state index in [0.717, 1.165) is 18.4 Å². The molecule has 0 saturated heterocycles. The number of carbonyl (C=O) groups excluding carboxylic acids is 1. The molecule has 0 aliphatic heterocycles. The Hall–Kier alpha value is -2.09. The van der Waals surface area contributed by atoms with Crippen molar-refractivity contribution in [1.82, 2.24) is 0 Å². The van der Waals surface area contributed by atoms with Gasteiger partial charge < -0.3 is 4.74 Å². The van der Waals surface area contributed by atoms with Gasteiger partial charge in [0, 0.05) is 0 Å². The molecule has 107 valence electrons. The molecule has 0 N–H and O–H groups in total. The van der Waals surface area contributed by atoms with Crippen LogP contribution in [-0.2, 0) is 29.0 Å². The fourth-order valence-electron chi connectivity index (χ4n) is 3.15. The van der Waals surface area contributed by atoms with Gasteiger partial charge >= 0.3 is 6.47 Å². The Morgan fingerprint density at radius 1 is 1.19 bits per heavy atom. The molecule has 0 heterocycles. The molecule has 2 aromatic rings. The van der Waals surface area contributed by atoms with Crippen LogP contribution >= 0.6 is 0 Å². The lowest BCUT2D eigenvalue weighted by Crippen LogP contribution is -1.94. The summed E-state index contributed by atoms with van der Waals surface area (Å²) >= 11 is 0. The third-order valence-corrected chi connectivity index (χ3v) is 4.16. The van der Waals surface area contributed by atoms with Crippen LogP contribution in [0.25, 0.3) is 11.1 Å².